The lowest BCUT2D eigenvalue weighted by Crippen LogP contribution is -2.59. The molecule has 0 saturated carbocycles. The number of fused-ring (bicyclic) bond motifs is 3. The summed E-state index contributed by atoms with van der Waals surface area (Å²) < 4.78 is 7.48. The minimum atomic E-state index is -1.86. The molecule has 6 nitrogen and oxygen atoms in total. The highest BCUT2D eigenvalue weighted by Gasteiger charge is 2.47. The van der Waals surface area contributed by atoms with Gasteiger partial charge in [0.1, 0.15) is 5.60 Å². The number of ether oxygens (including phenoxy) is 1. The van der Waals surface area contributed by atoms with E-state index < -0.39 is 23.0 Å². The number of carbonyl (C=O) groups is 2. The van der Waals surface area contributed by atoms with Gasteiger partial charge in [0.15, 0.2) is 5.54 Å². The third-order valence-electron chi connectivity index (χ3n) is 7.30. The summed E-state index contributed by atoms with van der Waals surface area (Å²) in [4.78, 5) is 27.3. The van der Waals surface area contributed by atoms with Gasteiger partial charge in [-0.15, -0.1) is 0 Å². The van der Waals surface area contributed by atoms with Crippen LogP contribution < -0.4 is 16.8 Å². The summed E-state index contributed by atoms with van der Waals surface area (Å²) in [6.07, 6.45) is 5.18. The lowest BCUT2D eigenvalue weighted by atomic mass is 9.71. The summed E-state index contributed by atoms with van der Waals surface area (Å²) in [5.41, 5.74) is 14.5. The predicted molar refractivity (Wildman–Crippen MR) is 178 cm³/mol. The summed E-state index contributed by atoms with van der Waals surface area (Å²) in [7, 11) is 0. The fourth-order valence-corrected chi connectivity index (χ4v) is 6.89. The van der Waals surface area contributed by atoms with Gasteiger partial charge in [-0.2, -0.15) is 0 Å². The van der Waals surface area contributed by atoms with E-state index in [0.717, 1.165) is 62.0 Å². The maximum atomic E-state index is 13.9. The maximum absolute atomic E-state index is 13.9. The highest BCUT2D eigenvalue weighted by Crippen LogP contribution is 2.57. The molecule has 0 heterocycles. The summed E-state index contributed by atoms with van der Waals surface area (Å²) in [5, 5.41) is 4.86. The number of amides is 1. The Morgan fingerprint density at radius 2 is 1.55 bits per heavy atom. The number of esters is 1. The van der Waals surface area contributed by atoms with E-state index in [2.05, 4.69) is 87.2 Å². The number of unbranched alkanes of at least 4 members (excludes halogenated alkanes) is 1. The summed E-state index contributed by atoms with van der Waals surface area (Å²) in [5.74, 6) is -1.33. The lowest BCUT2D eigenvalue weighted by Gasteiger charge is -2.33. The zero-order valence-corrected chi connectivity index (χ0v) is 29.7. The predicted octanol–water partition coefficient (Wildman–Crippen LogP) is 7.94. The Bertz CT molecular complexity index is 1220. The SMILES string of the molecule is CC(C)(C)OC(=O)C(N)(CCCCN)C(=O)Nc1cc(Br)cc2c1-c1ccc(Br)cc1C2(CCCBr)CCCBr. The topological polar surface area (TPSA) is 107 Å². The van der Waals surface area contributed by atoms with Crippen molar-refractivity contribution >= 4 is 81.3 Å². The number of halogens is 4. The Labute approximate surface area is 271 Å². The molecule has 2 aromatic rings. The van der Waals surface area contributed by atoms with Crippen LogP contribution in [0, 0.1) is 0 Å². The van der Waals surface area contributed by atoms with Gasteiger partial charge < -0.3 is 21.5 Å². The van der Waals surface area contributed by atoms with Crippen molar-refractivity contribution in [2.24, 2.45) is 11.5 Å². The van der Waals surface area contributed by atoms with Crippen molar-refractivity contribution in [2.75, 3.05) is 22.5 Å². The van der Waals surface area contributed by atoms with Crippen LogP contribution in [0.25, 0.3) is 11.1 Å². The first-order valence-electron chi connectivity index (χ1n) is 13.6. The fraction of sp³-hybridized carbons (Fsp3) is 0.533. The van der Waals surface area contributed by atoms with Gasteiger partial charge in [0, 0.05) is 30.6 Å². The zero-order chi connectivity index (χ0) is 29.7. The molecule has 40 heavy (non-hydrogen) atoms. The smallest absolute Gasteiger partial charge is 0.336 e. The molecule has 0 spiro atoms. The highest BCUT2D eigenvalue weighted by molar-refractivity contribution is 9.11. The third kappa shape index (κ3) is 7.40. The lowest BCUT2D eigenvalue weighted by molar-refractivity contribution is -0.163. The Balaban J connectivity index is 2.16. The molecule has 0 aliphatic heterocycles. The number of anilines is 1. The van der Waals surface area contributed by atoms with Gasteiger partial charge in [-0.05, 0) is 113 Å². The second-order valence-corrected chi connectivity index (χ2v) is 14.8. The first-order chi connectivity index (χ1) is 18.8. The second kappa shape index (κ2) is 14.1. The fourth-order valence-electron chi connectivity index (χ4n) is 5.51. The van der Waals surface area contributed by atoms with Gasteiger partial charge in [0.25, 0.3) is 5.91 Å². The quantitative estimate of drug-likeness (QED) is 0.0825. The van der Waals surface area contributed by atoms with Crippen molar-refractivity contribution in [3.8, 4) is 11.1 Å². The average molecular weight is 809 g/mol. The van der Waals surface area contributed by atoms with Crippen molar-refractivity contribution in [3.63, 3.8) is 0 Å². The van der Waals surface area contributed by atoms with E-state index in [4.69, 9.17) is 16.2 Å². The molecule has 1 atom stereocenters. The van der Waals surface area contributed by atoms with Gasteiger partial charge >= 0.3 is 5.97 Å². The van der Waals surface area contributed by atoms with E-state index in [0.29, 0.717) is 25.1 Å². The van der Waals surface area contributed by atoms with Crippen molar-refractivity contribution < 1.29 is 14.3 Å². The van der Waals surface area contributed by atoms with Gasteiger partial charge in [-0.1, -0.05) is 69.8 Å². The molecule has 0 aromatic heterocycles. The van der Waals surface area contributed by atoms with Crippen LogP contribution in [-0.4, -0.2) is 40.2 Å². The van der Waals surface area contributed by atoms with Crippen molar-refractivity contribution in [1.82, 2.24) is 0 Å². The Morgan fingerprint density at radius 3 is 2.12 bits per heavy atom. The van der Waals surface area contributed by atoms with E-state index in [1.165, 1.54) is 5.56 Å². The van der Waals surface area contributed by atoms with Crippen molar-refractivity contribution in [2.45, 2.75) is 82.3 Å². The zero-order valence-electron chi connectivity index (χ0n) is 23.3. The first kappa shape index (κ1) is 33.7. The molecule has 3 rings (SSSR count). The van der Waals surface area contributed by atoms with E-state index in [1.54, 1.807) is 20.8 Å². The number of hydrogen-bond acceptors (Lipinski definition) is 5. The third-order valence-corrected chi connectivity index (χ3v) is 9.37. The monoisotopic (exact) mass is 805 g/mol. The highest BCUT2D eigenvalue weighted by atomic mass is 79.9. The summed E-state index contributed by atoms with van der Waals surface area (Å²) in [6, 6.07) is 10.4. The Hall–Kier alpha value is -0.780. The molecular formula is C30H39Br4N3O3. The van der Waals surface area contributed by atoms with Crippen LogP contribution >= 0.6 is 63.7 Å². The van der Waals surface area contributed by atoms with Crippen LogP contribution in [0.4, 0.5) is 5.69 Å². The van der Waals surface area contributed by atoms with Crippen LogP contribution in [0.5, 0.6) is 0 Å². The number of nitrogens with one attached hydrogen (secondary N) is 1. The van der Waals surface area contributed by atoms with Crippen LogP contribution in [0.1, 0.15) is 76.8 Å². The number of hydrogen-bond donors (Lipinski definition) is 3. The molecule has 5 N–H and O–H groups in total. The molecule has 0 bridgehead atoms. The van der Waals surface area contributed by atoms with Gasteiger partial charge in [0.2, 0.25) is 0 Å². The molecule has 1 aliphatic rings. The summed E-state index contributed by atoms with van der Waals surface area (Å²) in [6.45, 7) is 5.73. The van der Waals surface area contributed by atoms with E-state index in [1.807, 2.05) is 12.1 Å². The van der Waals surface area contributed by atoms with Crippen molar-refractivity contribution in [1.29, 1.82) is 0 Å². The normalized spacial score (nSPS) is 15.2. The Morgan fingerprint density at radius 1 is 0.925 bits per heavy atom. The number of rotatable bonds is 13. The van der Waals surface area contributed by atoms with Crippen LogP contribution in [0.2, 0.25) is 0 Å². The summed E-state index contributed by atoms with van der Waals surface area (Å²) >= 11 is 14.7. The van der Waals surface area contributed by atoms with E-state index in [-0.39, 0.29) is 11.8 Å². The minimum Gasteiger partial charge on any atom is -0.458 e. The van der Waals surface area contributed by atoms with Gasteiger partial charge in [-0.3, -0.25) is 4.79 Å². The maximum Gasteiger partial charge on any atom is 0.336 e. The molecule has 0 fully saturated rings. The number of alkyl halides is 2. The van der Waals surface area contributed by atoms with Gasteiger partial charge in [-0.25, -0.2) is 4.79 Å². The molecule has 1 amide bonds. The molecule has 0 saturated heterocycles. The first-order valence-corrected chi connectivity index (χ1v) is 17.5. The largest absolute Gasteiger partial charge is 0.458 e. The van der Waals surface area contributed by atoms with E-state index >= 15 is 0 Å². The number of benzene rings is 2. The molecule has 10 heteroatoms. The van der Waals surface area contributed by atoms with Crippen molar-refractivity contribution in [3.05, 3.63) is 50.4 Å². The Kier molecular flexibility index (Phi) is 11.9. The molecule has 1 unspecified atom stereocenters. The minimum absolute atomic E-state index is 0.130. The number of carbonyl (C=O) groups excluding carboxylic acids is 2. The van der Waals surface area contributed by atoms with Crippen LogP contribution in [0.15, 0.2) is 39.3 Å². The molecule has 2 aromatic carbocycles. The average Bonchev–Trinajstić information content (AvgIpc) is 3.14. The molecule has 0 radical (unpaired) electrons. The van der Waals surface area contributed by atoms with E-state index in [9.17, 15) is 9.59 Å². The number of nitrogens with two attached hydrogens (primary N) is 2. The molecular weight excluding hydrogens is 770 g/mol. The van der Waals surface area contributed by atoms with Gasteiger partial charge in [0.05, 0.1) is 5.69 Å². The molecule has 1 aliphatic carbocycles. The molecule has 220 valence electrons. The van der Waals surface area contributed by atoms with Crippen LogP contribution in [-0.2, 0) is 19.7 Å². The standard InChI is InChI=1S/C30H39Br4N3O3/c1-28(2,3)40-27(39)30(36,12-4-5-15-35)26(38)37-24-18-20(34)17-23-25(24)21-9-8-19(33)16-22(21)29(23,10-6-13-31)11-7-14-32/h8-9,16-18H,4-7,10-15,35-36H2,1-3H3,(H,37,38). The second-order valence-electron chi connectivity index (χ2n) is 11.4. The van der Waals surface area contributed by atoms with Crippen LogP contribution in [0.3, 0.4) is 0 Å².